The molecule has 5 heteroatoms. The number of likely N-dealkylation sites (N-methyl/N-ethyl adjacent to an activating group) is 1. The summed E-state index contributed by atoms with van der Waals surface area (Å²) in [6.45, 7) is 2.66. The van der Waals surface area contributed by atoms with Gasteiger partial charge in [0.15, 0.2) is 0 Å². The lowest BCUT2D eigenvalue weighted by atomic mass is 10.1. The van der Waals surface area contributed by atoms with Crippen molar-refractivity contribution in [2.75, 3.05) is 13.6 Å². The average Bonchev–Trinajstić information content (AvgIpc) is 2.76. The van der Waals surface area contributed by atoms with E-state index in [1.165, 1.54) is 0 Å². The number of benzene rings is 1. The Morgan fingerprint density at radius 1 is 1.37 bits per heavy atom. The minimum Gasteiger partial charge on any atom is -0.323 e. The van der Waals surface area contributed by atoms with E-state index in [0.717, 1.165) is 28.8 Å². The zero-order chi connectivity index (χ0) is 13.4. The minimum atomic E-state index is 0.0233. The fourth-order valence-corrected chi connectivity index (χ4v) is 2.40. The second kappa shape index (κ2) is 4.51. The number of imidazole rings is 1. The topological polar surface area (TPSA) is 62.2 Å². The van der Waals surface area contributed by atoms with E-state index in [-0.39, 0.29) is 5.56 Å². The van der Waals surface area contributed by atoms with Gasteiger partial charge in [-0.3, -0.25) is 4.79 Å². The molecule has 0 amide bonds. The lowest BCUT2D eigenvalue weighted by Crippen LogP contribution is -2.24. The van der Waals surface area contributed by atoms with E-state index in [9.17, 15) is 4.79 Å². The van der Waals surface area contributed by atoms with Crippen LogP contribution in [0.4, 0.5) is 0 Å². The van der Waals surface area contributed by atoms with Crippen LogP contribution >= 0.6 is 0 Å². The molecule has 98 valence electrons. The highest BCUT2D eigenvalue weighted by Gasteiger charge is 2.12. The van der Waals surface area contributed by atoms with Crippen molar-refractivity contribution >= 4 is 16.8 Å². The molecule has 0 aliphatic rings. The summed E-state index contributed by atoms with van der Waals surface area (Å²) in [5.41, 5.74) is 3.40. The second-order valence-electron chi connectivity index (χ2n) is 4.64. The van der Waals surface area contributed by atoms with E-state index in [4.69, 9.17) is 0 Å². The summed E-state index contributed by atoms with van der Waals surface area (Å²) >= 11 is 0. The van der Waals surface area contributed by atoms with Crippen LogP contribution in [0.2, 0.25) is 0 Å². The van der Waals surface area contributed by atoms with Crippen molar-refractivity contribution < 1.29 is 0 Å². The number of para-hydroxylation sites is 2. The number of nitrogens with zero attached hydrogens (tertiary/aromatic N) is 2. The molecular weight excluding hydrogens is 240 g/mol. The highest BCUT2D eigenvalue weighted by molar-refractivity contribution is 5.79. The lowest BCUT2D eigenvalue weighted by Gasteiger charge is -2.05. The van der Waals surface area contributed by atoms with E-state index in [1.54, 1.807) is 4.40 Å². The molecule has 2 aromatic heterocycles. The quantitative estimate of drug-likeness (QED) is 0.741. The van der Waals surface area contributed by atoms with E-state index in [2.05, 4.69) is 15.3 Å². The fourth-order valence-electron chi connectivity index (χ4n) is 2.40. The summed E-state index contributed by atoms with van der Waals surface area (Å²) in [7, 11) is 1.88. The number of hydrogen-bond acceptors (Lipinski definition) is 3. The van der Waals surface area contributed by atoms with Crippen LogP contribution in [0.5, 0.6) is 0 Å². The number of fused-ring (bicyclic) bond motifs is 3. The Kier molecular flexibility index (Phi) is 2.83. The van der Waals surface area contributed by atoms with Gasteiger partial charge in [0.1, 0.15) is 0 Å². The molecule has 0 fully saturated rings. The van der Waals surface area contributed by atoms with Gasteiger partial charge in [-0.2, -0.15) is 0 Å². The maximum atomic E-state index is 12.6. The van der Waals surface area contributed by atoms with Gasteiger partial charge in [0.2, 0.25) is 5.78 Å². The zero-order valence-electron chi connectivity index (χ0n) is 11.0. The number of H-pyrrole nitrogens is 1. The molecule has 0 unspecified atom stereocenters. The molecule has 0 atom stereocenters. The van der Waals surface area contributed by atoms with Gasteiger partial charge in [0, 0.05) is 5.56 Å². The molecule has 0 aliphatic heterocycles. The molecule has 3 rings (SSSR count). The molecule has 19 heavy (non-hydrogen) atoms. The van der Waals surface area contributed by atoms with Gasteiger partial charge in [-0.25, -0.2) is 9.38 Å². The smallest absolute Gasteiger partial charge is 0.263 e. The molecule has 0 saturated heterocycles. The standard InChI is InChI=1S/C14H16N4O/c1-9-10(7-8-15-2)13(19)18-12-6-4-3-5-11(12)17-14(18)16-9/h3-6,15H,7-8H2,1-2H3,(H,16,17). The third kappa shape index (κ3) is 1.82. The van der Waals surface area contributed by atoms with Gasteiger partial charge in [0.25, 0.3) is 5.56 Å². The Hall–Kier alpha value is -2.14. The van der Waals surface area contributed by atoms with Crippen molar-refractivity contribution in [3.8, 4) is 0 Å². The third-order valence-electron chi connectivity index (χ3n) is 3.40. The van der Waals surface area contributed by atoms with Gasteiger partial charge in [-0.05, 0) is 39.1 Å². The maximum absolute atomic E-state index is 12.6. The first-order valence-electron chi connectivity index (χ1n) is 6.36. The number of hydrogen-bond donors (Lipinski definition) is 2. The predicted octanol–water partition coefficient (Wildman–Crippen LogP) is 1.25. The molecule has 0 bridgehead atoms. The molecule has 0 aliphatic carbocycles. The monoisotopic (exact) mass is 256 g/mol. The van der Waals surface area contributed by atoms with E-state index >= 15 is 0 Å². The number of aromatic nitrogens is 3. The highest BCUT2D eigenvalue weighted by atomic mass is 16.1. The Morgan fingerprint density at radius 2 is 2.16 bits per heavy atom. The minimum absolute atomic E-state index is 0.0233. The summed E-state index contributed by atoms with van der Waals surface area (Å²) in [5.74, 6) is 0.608. The molecule has 0 spiro atoms. The number of aromatic amines is 1. The molecule has 2 N–H and O–H groups in total. The van der Waals surface area contributed by atoms with Crippen LogP contribution in [0.1, 0.15) is 11.3 Å². The lowest BCUT2D eigenvalue weighted by molar-refractivity contribution is 0.773. The maximum Gasteiger partial charge on any atom is 0.263 e. The van der Waals surface area contributed by atoms with Crippen molar-refractivity contribution in [2.45, 2.75) is 13.3 Å². The van der Waals surface area contributed by atoms with Crippen molar-refractivity contribution in [3.05, 3.63) is 45.9 Å². The van der Waals surface area contributed by atoms with Crippen LogP contribution in [0, 0.1) is 6.92 Å². The Labute approximate surface area is 110 Å². The van der Waals surface area contributed by atoms with Gasteiger partial charge in [-0.1, -0.05) is 12.1 Å². The SMILES string of the molecule is CNCCc1c(C)nc2[nH]c3ccccc3n2c1=O. The molecule has 5 nitrogen and oxygen atoms in total. The Balaban J connectivity index is 2.35. The van der Waals surface area contributed by atoms with Crippen molar-refractivity contribution in [1.29, 1.82) is 0 Å². The normalized spacial score (nSPS) is 11.5. The molecule has 0 saturated carbocycles. The third-order valence-corrected chi connectivity index (χ3v) is 3.40. The van der Waals surface area contributed by atoms with Crippen molar-refractivity contribution in [2.24, 2.45) is 0 Å². The van der Waals surface area contributed by atoms with Gasteiger partial charge >= 0.3 is 0 Å². The van der Waals surface area contributed by atoms with Crippen LogP contribution < -0.4 is 10.9 Å². The molecular formula is C14H16N4O. The molecule has 1 aromatic carbocycles. The summed E-state index contributed by atoms with van der Waals surface area (Å²) < 4.78 is 1.66. The zero-order valence-corrected chi connectivity index (χ0v) is 11.0. The fraction of sp³-hybridized carbons (Fsp3) is 0.286. The molecule has 3 aromatic rings. The molecule has 0 radical (unpaired) electrons. The largest absolute Gasteiger partial charge is 0.323 e. The van der Waals surface area contributed by atoms with Crippen LogP contribution in [-0.4, -0.2) is 28.0 Å². The first-order chi connectivity index (χ1) is 9.22. The van der Waals surface area contributed by atoms with Crippen molar-refractivity contribution in [3.63, 3.8) is 0 Å². The van der Waals surface area contributed by atoms with Crippen LogP contribution in [-0.2, 0) is 6.42 Å². The molecule has 2 heterocycles. The van der Waals surface area contributed by atoms with Crippen LogP contribution in [0.15, 0.2) is 29.1 Å². The Morgan fingerprint density at radius 3 is 2.95 bits per heavy atom. The van der Waals surface area contributed by atoms with Gasteiger partial charge < -0.3 is 10.3 Å². The second-order valence-corrected chi connectivity index (χ2v) is 4.64. The van der Waals surface area contributed by atoms with E-state index in [1.807, 2.05) is 38.2 Å². The van der Waals surface area contributed by atoms with Crippen LogP contribution in [0.3, 0.4) is 0 Å². The first kappa shape index (κ1) is 11.9. The van der Waals surface area contributed by atoms with Gasteiger partial charge in [0.05, 0.1) is 16.7 Å². The Bertz CT molecular complexity index is 800. The number of rotatable bonds is 3. The average molecular weight is 256 g/mol. The number of nitrogens with one attached hydrogen (secondary N) is 2. The summed E-state index contributed by atoms with van der Waals surface area (Å²) in [6, 6.07) is 7.75. The van der Waals surface area contributed by atoms with Gasteiger partial charge in [-0.15, -0.1) is 0 Å². The highest BCUT2D eigenvalue weighted by Crippen LogP contribution is 2.14. The number of aryl methyl sites for hydroxylation is 1. The summed E-state index contributed by atoms with van der Waals surface area (Å²) in [4.78, 5) is 20.3. The van der Waals surface area contributed by atoms with Crippen LogP contribution in [0.25, 0.3) is 16.8 Å². The van der Waals surface area contributed by atoms with Crippen molar-refractivity contribution in [1.82, 2.24) is 19.7 Å². The summed E-state index contributed by atoms with van der Waals surface area (Å²) in [5, 5.41) is 3.07. The first-order valence-corrected chi connectivity index (χ1v) is 6.36. The summed E-state index contributed by atoms with van der Waals surface area (Å²) in [6.07, 6.45) is 0.691. The predicted molar refractivity (Wildman–Crippen MR) is 75.7 cm³/mol. The van der Waals surface area contributed by atoms with E-state index < -0.39 is 0 Å². The van der Waals surface area contributed by atoms with E-state index in [0.29, 0.717) is 12.2 Å².